The molecule has 0 aliphatic carbocycles. The molecule has 2 aromatic rings. The topological polar surface area (TPSA) is 57.1 Å². The van der Waals surface area contributed by atoms with Crippen molar-refractivity contribution in [1.29, 1.82) is 0 Å². The Balaban J connectivity index is 1.58. The van der Waals surface area contributed by atoms with Gasteiger partial charge in [0, 0.05) is 0 Å². The van der Waals surface area contributed by atoms with Crippen molar-refractivity contribution in [2.75, 3.05) is 0 Å². The van der Waals surface area contributed by atoms with Gasteiger partial charge in [-0.25, -0.2) is 9.98 Å². The van der Waals surface area contributed by atoms with E-state index >= 15 is 0 Å². The zero-order valence-corrected chi connectivity index (χ0v) is 12.8. The van der Waals surface area contributed by atoms with Crippen LogP contribution < -0.4 is 5.43 Å². The average molecular weight is 320 g/mol. The molecule has 2 aromatic carbocycles. The highest BCUT2D eigenvalue weighted by Gasteiger charge is 2.37. The van der Waals surface area contributed by atoms with E-state index in [2.05, 4.69) is 15.4 Å². The molecule has 0 spiro atoms. The summed E-state index contributed by atoms with van der Waals surface area (Å²) in [5.41, 5.74) is 5.19. The monoisotopic (exact) mass is 320 g/mol. The van der Waals surface area contributed by atoms with Gasteiger partial charge >= 0.3 is 0 Å². The Kier molecular flexibility index (Phi) is 3.44. The van der Waals surface area contributed by atoms with Crippen LogP contribution in [0.5, 0.6) is 0 Å². The van der Waals surface area contributed by atoms with Crippen molar-refractivity contribution in [3.63, 3.8) is 0 Å². The third-order valence-corrected chi connectivity index (χ3v) is 4.15. The number of nitrogens with zero attached hydrogens (tertiary/aromatic N) is 3. The number of carbonyl (C=O) groups excluding carboxylic acids is 1. The van der Waals surface area contributed by atoms with Crippen molar-refractivity contribution in [3.8, 4) is 0 Å². The third kappa shape index (κ3) is 2.76. The number of hydrazine groups is 1. The maximum Gasteiger partial charge on any atom is 0.297 e. The Morgan fingerprint density at radius 2 is 1.74 bits per heavy atom. The van der Waals surface area contributed by atoms with E-state index in [9.17, 15) is 4.79 Å². The van der Waals surface area contributed by atoms with Crippen molar-refractivity contribution in [2.24, 2.45) is 9.98 Å². The molecule has 0 aromatic heterocycles. The van der Waals surface area contributed by atoms with E-state index in [0.717, 1.165) is 11.3 Å². The molecule has 0 radical (unpaired) electrons. The lowest BCUT2D eigenvalue weighted by Crippen LogP contribution is -2.38. The van der Waals surface area contributed by atoms with Gasteiger partial charge < -0.3 is 0 Å². The van der Waals surface area contributed by atoms with Gasteiger partial charge in [0.1, 0.15) is 5.70 Å². The number of amides is 1. The molecule has 4 rings (SSSR count). The molecule has 112 valence electrons. The van der Waals surface area contributed by atoms with Crippen LogP contribution in [0, 0.1) is 0 Å². The van der Waals surface area contributed by atoms with E-state index < -0.39 is 0 Å². The number of fused-ring (bicyclic) bond motifs is 1. The Labute approximate surface area is 137 Å². The molecular formula is C17H12N4OS. The van der Waals surface area contributed by atoms with Crippen LogP contribution in [0.15, 0.2) is 76.3 Å². The van der Waals surface area contributed by atoms with Crippen LogP contribution in [0.3, 0.4) is 0 Å². The minimum absolute atomic E-state index is 0.172. The van der Waals surface area contributed by atoms with Crippen LogP contribution in [-0.4, -0.2) is 21.3 Å². The number of benzene rings is 2. The number of hydrogen-bond acceptors (Lipinski definition) is 4. The number of hydrogen-bond donors (Lipinski definition) is 1. The fraction of sp³-hybridized carbons (Fsp3) is 0. The Bertz CT molecular complexity index is 843. The van der Waals surface area contributed by atoms with Crippen molar-refractivity contribution in [1.82, 2.24) is 10.4 Å². The van der Waals surface area contributed by atoms with E-state index in [-0.39, 0.29) is 5.91 Å². The van der Waals surface area contributed by atoms with Crippen molar-refractivity contribution >= 4 is 39.8 Å². The lowest BCUT2D eigenvalue weighted by atomic mass is 10.2. The molecule has 6 heteroatoms. The molecule has 2 aliphatic rings. The first-order valence-electron chi connectivity index (χ1n) is 7.08. The van der Waals surface area contributed by atoms with Crippen LogP contribution in [-0.2, 0) is 4.79 Å². The van der Waals surface area contributed by atoms with Crippen LogP contribution in [0.25, 0.3) is 6.08 Å². The van der Waals surface area contributed by atoms with Crippen molar-refractivity contribution < 1.29 is 4.79 Å². The predicted octanol–water partition coefficient (Wildman–Crippen LogP) is 3.16. The van der Waals surface area contributed by atoms with E-state index in [1.165, 1.54) is 16.8 Å². The van der Waals surface area contributed by atoms with Gasteiger partial charge in [0.2, 0.25) is 0 Å². The molecule has 5 nitrogen and oxygen atoms in total. The normalized spacial score (nSPS) is 19.9. The summed E-state index contributed by atoms with van der Waals surface area (Å²) in [4.78, 5) is 21.3. The maximum absolute atomic E-state index is 12.4. The minimum Gasteiger partial charge on any atom is -0.266 e. The molecule has 0 unspecified atom stereocenters. The molecule has 2 aliphatic heterocycles. The number of carbonyl (C=O) groups is 1. The lowest BCUT2D eigenvalue weighted by Gasteiger charge is -2.08. The second kappa shape index (κ2) is 5.73. The van der Waals surface area contributed by atoms with E-state index in [0.29, 0.717) is 16.0 Å². The van der Waals surface area contributed by atoms with Gasteiger partial charge in [0.15, 0.2) is 10.3 Å². The molecular weight excluding hydrogens is 308 g/mol. The summed E-state index contributed by atoms with van der Waals surface area (Å²) >= 11 is 1.35. The molecule has 0 saturated carbocycles. The summed E-state index contributed by atoms with van der Waals surface area (Å²) in [6.45, 7) is 0. The third-order valence-electron chi connectivity index (χ3n) is 3.31. The standard InChI is InChI=1S/C17H12N4OS/c22-15-14(11-12-7-3-1-4-8-12)19-17-21(15)20-16(23-17)18-13-9-5-2-6-10-13/h1-11H,(H,18,20)/b14-11-. The second-order valence-corrected chi connectivity index (χ2v) is 5.90. The number of aliphatic imine (C=N–C) groups is 2. The number of para-hydroxylation sites is 1. The minimum atomic E-state index is -0.172. The Morgan fingerprint density at radius 3 is 2.43 bits per heavy atom. The maximum atomic E-state index is 12.4. The molecule has 0 bridgehead atoms. The largest absolute Gasteiger partial charge is 0.297 e. The van der Waals surface area contributed by atoms with E-state index in [1.54, 1.807) is 6.08 Å². The quantitative estimate of drug-likeness (QED) is 0.865. The number of thioether (sulfide) groups is 1. The molecule has 23 heavy (non-hydrogen) atoms. The first kappa shape index (κ1) is 13.8. The zero-order chi connectivity index (χ0) is 15.6. The summed E-state index contributed by atoms with van der Waals surface area (Å²) in [5, 5.41) is 2.68. The van der Waals surface area contributed by atoms with Gasteiger partial charge in [-0.15, -0.1) is 0 Å². The highest BCUT2D eigenvalue weighted by atomic mass is 32.2. The van der Waals surface area contributed by atoms with Crippen LogP contribution >= 0.6 is 11.8 Å². The summed E-state index contributed by atoms with van der Waals surface area (Å²) in [5.74, 6) is -0.172. The van der Waals surface area contributed by atoms with Crippen molar-refractivity contribution in [2.45, 2.75) is 0 Å². The molecule has 1 saturated heterocycles. The Morgan fingerprint density at radius 1 is 1.04 bits per heavy atom. The average Bonchev–Trinajstić information content (AvgIpc) is 3.09. The first-order valence-corrected chi connectivity index (χ1v) is 7.89. The fourth-order valence-corrected chi connectivity index (χ4v) is 3.07. The molecule has 1 fully saturated rings. The molecule has 2 heterocycles. The zero-order valence-electron chi connectivity index (χ0n) is 12.0. The fourth-order valence-electron chi connectivity index (χ4n) is 2.24. The van der Waals surface area contributed by atoms with Crippen LogP contribution in [0.1, 0.15) is 5.56 Å². The van der Waals surface area contributed by atoms with Crippen molar-refractivity contribution in [3.05, 3.63) is 71.9 Å². The smallest absolute Gasteiger partial charge is 0.266 e. The number of nitrogens with one attached hydrogen (secondary N) is 1. The van der Waals surface area contributed by atoms with Crippen LogP contribution in [0.4, 0.5) is 5.69 Å². The van der Waals surface area contributed by atoms with Gasteiger partial charge in [-0.3, -0.25) is 10.2 Å². The van der Waals surface area contributed by atoms with Gasteiger partial charge in [0.25, 0.3) is 5.91 Å². The summed E-state index contributed by atoms with van der Waals surface area (Å²) < 4.78 is 0. The van der Waals surface area contributed by atoms with Crippen LogP contribution in [0.2, 0.25) is 0 Å². The number of rotatable bonds is 2. The second-order valence-electron chi connectivity index (χ2n) is 4.94. The first-order chi connectivity index (χ1) is 11.3. The van der Waals surface area contributed by atoms with Gasteiger partial charge in [0.05, 0.1) is 5.69 Å². The molecule has 1 amide bonds. The van der Waals surface area contributed by atoms with E-state index in [4.69, 9.17) is 0 Å². The summed E-state index contributed by atoms with van der Waals surface area (Å²) in [6, 6.07) is 19.3. The van der Waals surface area contributed by atoms with Gasteiger partial charge in [-0.05, 0) is 35.5 Å². The van der Waals surface area contributed by atoms with Gasteiger partial charge in [-0.1, -0.05) is 48.5 Å². The molecule has 1 N–H and O–H groups in total. The summed E-state index contributed by atoms with van der Waals surface area (Å²) in [6.07, 6.45) is 1.78. The predicted molar refractivity (Wildman–Crippen MR) is 93.0 cm³/mol. The Hall–Kier alpha value is -2.86. The lowest BCUT2D eigenvalue weighted by molar-refractivity contribution is -0.123. The van der Waals surface area contributed by atoms with Gasteiger partial charge in [-0.2, -0.15) is 5.01 Å². The summed E-state index contributed by atoms with van der Waals surface area (Å²) in [7, 11) is 0. The highest BCUT2D eigenvalue weighted by molar-refractivity contribution is 8.27. The number of amidine groups is 2. The molecule has 0 atom stereocenters. The highest BCUT2D eigenvalue weighted by Crippen LogP contribution is 2.28. The SMILES string of the molecule is O=C1/C(=C/c2ccccc2)N=C2SC(=Nc3ccccc3)NN12. The van der Waals surface area contributed by atoms with E-state index in [1.807, 2.05) is 60.7 Å².